The quantitative estimate of drug-likeness (QED) is 0.0772. The van der Waals surface area contributed by atoms with E-state index < -0.39 is 8.07 Å². The van der Waals surface area contributed by atoms with Crippen molar-refractivity contribution < 1.29 is 34.7 Å². The summed E-state index contributed by atoms with van der Waals surface area (Å²) in [4.78, 5) is 16.5. The number of allylic oxidation sites excluding steroid dienone is 2. The molecule has 1 fully saturated rings. The van der Waals surface area contributed by atoms with Crippen LogP contribution < -0.4 is 9.92 Å². The van der Waals surface area contributed by atoms with Gasteiger partial charge in [0.05, 0.1) is 19.6 Å². The van der Waals surface area contributed by atoms with Crippen LogP contribution in [0.3, 0.4) is 0 Å². The first-order chi connectivity index (χ1) is 21.4. The Kier molecular flexibility index (Phi) is 10.7. The van der Waals surface area contributed by atoms with Crippen molar-refractivity contribution in [2.45, 2.75) is 97.2 Å². The van der Waals surface area contributed by atoms with Gasteiger partial charge in [0.15, 0.2) is 5.78 Å². The van der Waals surface area contributed by atoms with E-state index in [0.717, 1.165) is 60.2 Å². The van der Waals surface area contributed by atoms with Crippen LogP contribution in [-0.2, 0) is 31.3 Å². The molecule has 6 heteroatoms. The molecule has 3 aliphatic heterocycles. The van der Waals surface area contributed by atoms with E-state index >= 15 is 0 Å². The summed E-state index contributed by atoms with van der Waals surface area (Å²) in [7, 11) is -1.34. The Bertz CT molecular complexity index is 1720. The first-order valence-corrected chi connectivity index (χ1v) is 19.6. The molecule has 3 aliphatic rings. The summed E-state index contributed by atoms with van der Waals surface area (Å²) in [5, 5.41) is 16.3. The molecule has 0 saturated carbocycles. The normalized spacial score (nSPS) is 16.2. The van der Waals surface area contributed by atoms with E-state index in [1.54, 1.807) is 5.19 Å². The van der Waals surface area contributed by atoms with Gasteiger partial charge in [-0.25, -0.2) is 0 Å². The maximum atomic E-state index is 11.7. The SMILES string of the molecule is CCC(CC)C(=O)/C=C(\O)C(CC)CC.[Ir].[c-]1c2c(cc3ccccc13)Oc1c3c(cc4ccnc-2c14)[Si]1(CCCC1)CCC3. The third-order valence-electron chi connectivity index (χ3n) is 10.6. The van der Waals surface area contributed by atoms with E-state index in [-0.39, 0.29) is 43.5 Å². The molecule has 7 rings (SSSR count). The molecule has 1 N–H and O–H groups in total. The molecule has 239 valence electrons. The average molecular weight is 797 g/mol. The van der Waals surface area contributed by atoms with Crippen molar-refractivity contribution in [2.75, 3.05) is 0 Å². The number of pyridine rings is 1. The summed E-state index contributed by atoms with van der Waals surface area (Å²) >= 11 is 0. The third kappa shape index (κ3) is 6.31. The Labute approximate surface area is 283 Å². The second-order valence-corrected chi connectivity index (χ2v) is 17.6. The zero-order chi connectivity index (χ0) is 30.8. The molecule has 1 spiro atoms. The van der Waals surface area contributed by atoms with Crippen LogP contribution in [0, 0.1) is 17.9 Å². The van der Waals surface area contributed by atoms with Gasteiger partial charge in [0, 0.05) is 55.3 Å². The molecule has 0 atom stereocenters. The van der Waals surface area contributed by atoms with E-state index in [2.05, 4.69) is 48.5 Å². The molecule has 1 aromatic heterocycles. The number of aliphatic hydroxyl groups excluding tert-OH is 1. The molecule has 1 saturated heterocycles. The maximum Gasteiger partial charge on any atom is 0.162 e. The smallest absolute Gasteiger partial charge is 0.162 e. The van der Waals surface area contributed by atoms with Crippen LogP contribution in [0.15, 0.2) is 60.5 Å². The number of hydrogen-bond acceptors (Lipinski definition) is 4. The number of fused-ring (bicyclic) bond motifs is 6. The number of ether oxygens (including phenoxy) is 1. The first-order valence-electron chi connectivity index (χ1n) is 17.0. The van der Waals surface area contributed by atoms with Gasteiger partial charge in [-0.3, -0.25) is 9.78 Å². The molecule has 0 unspecified atom stereocenters. The molecule has 1 radical (unpaired) electrons. The first kappa shape index (κ1) is 33.6. The molecule has 4 nitrogen and oxygen atoms in total. The number of carbonyl (C=O) groups is 1. The fourth-order valence-electron chi connectivity index (χ4n) is 7.98. The molecular weight excluding hydrogens is 751 g/mol. The zero-order valence-electron chi connectivity index (χ0n) is 27.2. The largest absolute Gasteiger partial charge is 0.512 e. The van der Waals surface area contributed by atoms with Gasteiger partial charge in [-0.2, -0.15) is 0 Å². The molecule has 0 aliphatic carbocycles. The van der Waals surface area contributed by atoms with Gasteiger partial charge in [-0.1, -0.05) is 112 Å². The van der Waals surface area contributed by atoms with Crippen molar-refractivity contribution in [1.82, 2.24) is 4.98 Å². The molecule has 4 aromatic rings. The van der Waals surface area contributed by atoms with Crippen LogP contribution in [0.2, 0.25) is 18.1 Å². The van der Waals surface area contributed by atoms with Crippen molar-refractivity contribution in [3.63, 3.8) is 0 Å². The number of carbonyl (C=O) groups excluding carboxylic acids is 1. The van der Waals surface area contributed by atoms with Gasteiger partial charge in [0.2, 0.25) is 0 Å². The van der Waals surface area contributed by atoms with Crippen molar-refractivity contribution in [3.05, 3.63) is 72.1 Å². The van der Waals surface area contributed by atoms with Gasteiger partial charge in [-0.05, 0) is 49.1 Å². The molecule has 4 heterocycles. The Morgan fingerprint density at radius 1 is 0.956 bits per heavy atom. The number of aliphatic hydroxyl groups is 1. The molecule has 0 bridgehead atoms. The number of benzene rings is 3. The summed E-state index contributed by atoms with van der Waals surface area (Å²) in [5.41, 5.74) is 3.55. The molecular formula is C39H46IrNO3Si-. The van der Waals surface area contributed by atoms with Crippen LogP contribution in [0.1, 0.15) is 78.2 Å². The van der Waals surface area contributed by atoms with E-state index in [1.807, 2.05) is 33.9 Å². The van der Waals surface area contributed by atoms with Crippen molar-refractivity contribution in [1.29, 1.82) is 0 Å². The predicted molar refractivity (Wildman–Crippen MR) is 185 cm³/mol. The van der Waals surface area contributed by atoms with E-state index in [4.69, 9.17) is 9.72 Å². The Balaban J connectivity index is 0.000000217. The van der Waals surface area contributed by atoms with E-state index in [1.165, 1.54) is 65.2 Å². The summed E-state index contributed by atoms with van der Waals surface area (Å²) in [6.45, 7) is 8.07. The molecule has 3 aromatic carbocycles. The standard InChI is InChI=1S/C26H22NOSi.C13H24O2.Ir/c1-2-7-18-15-22-21(14-17(18)6-1)25-24-19(9-10-27-25)16-23-20(26(24)28-22)8-5-13-29(23)11-3-4-12-29;1-5-10(6-2)12(14)9-13(15)11(7-3)8-4;/h1-2,6-7,9-10,15-16H,3-5,8,11-13H2;9-11,14H,5-8H2,1-4H3;/q-1;;/b;12-9-;. The Hall–Kier alpha value is -2.79. The monoisotopic (exact) mass is 797 g/mol. The molecule has 0 amide bonds. The predicted octanol–water partition coefficient (Wildman–Crippen LogP) is 10.2. The maximum absolute atomic E-state index is 11.7. The summed E-state index contributed by atoms with van der Waals surface area (Å²) in [5.74, 6) is 2.57. The zero-order valence-corrected chi connectivity index (χ0v) is 30.6. The summed E-state index contributed by atoms with van der Waals surface area (Å²) in [6.07, 6.45) is 12.2. The number of aromatic nitrogens is 1. The van der Waals surface area contributed by atoms with Crippen LogP contribution in [0.25, 0.3) is 32.8 Å². The second kappa shape index (κ2) is 14.3. The van der Waals surface area contributed by atoms with E-state index in [9.17, 15) is 9.90 Å². The fraction of sp³-hybridized carbons (Fsp3) is 0.436. The van der Waals surface area contributed by atoms with Gasteiger partial charge in [0.25, 0.3) is 0 Å². The molecule has 45 heavy (non-hydrogen) atoms. The van der Waals surface area contributed by atoms with Gasteiger partial charge in [0.1, 0.15) is 5.75 Å². The minimum Gasteiger partial charge on any atom is -0.512 e. The topological polar surface area (TPSA) is 59.4 Å². The average Bonchev–Trinajstić information content (AvgIpc) is 3.51. The Morgan fingerprint density at radius 2 is 1.64 bits per heavy atom. The van der Waals surface area contributed by atoms with Crippen LogP contribution in [0.4, 0.5) is 0 Å². The number of rotatable bonds is 7. The number of ketones is 1. The van der Waals surface area contributed by atoms with Gasteiger partial charge in [-0.15, -0.1) is 17.5 Å². The van der Waals surface area contributed by atoms with Crippen molar-refractivity contribution in [3.8, 4) is 22.8 Å². The minimum atomic E-state index is -1.34. The summed E-state index contributed by atoms with van der Waals surface area (Å²) < 4.78 is 6.71. The van der Waals surface area contributed by atoms with Crippen LogP contribution in [0.5, 0.6) is 11.5 Å². The Morgan fingerprint density at radius 3 is 2.36 bits per heavy atom. The third-order valence-corrected chi connectivity index (χ3v) is 16.1. The van der Waals surface area contributed by atoms with Crippen LogP contribution >= 0.6 is 0 Å². The van der Waals surface area contributed by atoms with Crippen molar-refractivity contribution >= 4 is 40.6 Å². The second-order valence-electron chi connectivity index (χ2n) is 13.0. The van der Waals surface area contributed by atoms with Gasteiger partial charge >= 0.3 is 0 Å². The fourth-order valence-corrected chi connectivity index (χ4v) is 13.6. The summed E-state index contributed by atoms with van der Waals surface area (Å²) in [6, 6.07) is 23.3. The van der Waals surface area contributed by atoms with Gasteiger partial charge < -0.3 is 9.84 Å². The number of hydrogen-bond donors (Lipinski definition) is 1. The number of nitrogens with zero attached hydrogens (tertiary/aromatic N) is 1. The van der Waals surface area contributed by atoms with Crippen molar-refractivity contribution in [2.24, 2.45) is 11.8 Å². The minimum absolute atomic E-state index is 0. The van der Waals surface area contributed by atoms with E-state index in [0.29, 0.717) is 0 Å². The van der Waals surface area contributed by atoms with Crippen LogP contribution in [-0.4, -0.2) is 23.9 Å².